The molecule has 0 aliphatic carbocycles. The number of alkyl halides is 1. The van der Waals surface area contributed by atoms with Crippen molar-refractivity contribution in [1.82, 2.24) is 0 Å². The third-order valence-corrected chi connectivity index (χ3v) is 2.84. The highest BCUT2D eigenvalue weighted by atomic mass is 79.9. The highest BCUT2D eigenvalue weighted by molar-refractivity contribution is 9.10. The fraction of sp³-hybridized carbons (Fsp3) is 0.800. The van der Waals surface area contributed by atoms with Gasteiger partial charge in [0.25, 0.3) is 0 Å². The highest BCUT2D eigenvalue weighted by Crippen LogP contribution is 2.16. The molecule has 1 N–H and O–H groups in total. The topological polar surface area (TPSA) is 99.1 Å². The average molecular weight is 361 g/mol. The fourth-order valence-electron chi connectivity index (χ4n) is 1.02. The Morgan fingerprint density at radius 3 is 1.84 bits per heavy atom. The lowest BCUT2D eigenvalue weighted by Gasteiger charge is -2.20. The minimum Gasteiger partial charge on any atom is -0.462 e. The number of rotatable bonds is 7. The summed E-state index contributed by atoms with van der Waals surface area (Å²) in [7, 11) is 0. The van der Waals surface area contributed by atoms with E-state index in [4.69, 9.17) is 14.0 Å². The smallest absolute Gasteiger partial charge is 0.338 e. The quantitative estimate of drug-likeness (QED) is 0.413. The van der Waals surface area contributed by atoms with Crippen LogP contribution >= 0.6 is 15.9 Å². The number of hydrogen-bond donors (Lipinski definition) is 1. The number of ether oxygens (including phenoxy) is 2. The molecule has 0 amide bonds. The summed E-state index contributed by atoms with van der Waals surface area (Å²) in [4.78, 5) is 22.1. The van der Waals surface area contributed by atoms with Gasteiger partial charge in [-0.3, -0.25) is 13.5 Å². The van der Waals surface area contributed by atoms with E-state index in [-0.39, 0.29) is 0 Å². The van der Waals surface area contributed by atoms with Gasteiger partial charge in [-0.15, -0.1) is 0 Å². The zero-order valence-electron chi connectivity index (χ0n) is 11.0. The van der Waals surface area contributed by atoms with Gasteiger partial charge in [0.2, 0.25) is 0 Å². The Balaban J connectivity index is 4.87. The lowest BCUT2D eigenvalue weighted by atomic mass is 10.2. The van der Waals surface area contributed by atoms with Crippen LogP contribution in [0.3, 0.4) is 0 Å². The SMILES string of the molecule is CC(C)OC(=O)[C@@H](Br)[C@@H](OS(=O)O)C(=O)OC(C)C. The summed E-state index contributed by atoms with van der Waals surface area (Å²) in [6.45, 7) is 6.45. The van der Waals surface area contributed by atoms with Gasteiger partial charge in [-0.25, -0.2) is 4.79 Å². The van der Waals surface area contributed by atoms with Crippen molar-refractivity contribution in [3.8, 4) is 0 Å². The van der Waals surface area contributed by atoms with Gasteiger partial charge in [-0.1, -0.05) is 15.9 Å². The first-order valence-electron chi connectivity index (χ1n) is 5.48. The molecule has 19 heavy (non-hydrogen) atoms. The molecule has 0 bridgehead atoms. The lowest BCUT2D eigenvalue weighted by Crippen LogP contribution is -2.41. The van der Waals surface area contributed by atoms with E-state index in [0.717, 1.165) is 0 Å². The van der Waals surface area contributed by atoms with Crippen LogP contribution in [0.25, 0.3) is 0 Å². The summed E-state index contributed by atoms with van der Waals surface area (Å²) in [6, 6.07) is 0. The first-order chi connectivity index (χ1) is 8.65. The molecule has 7 nitrogen and oxygen atoms in total. The van der Waals surface area contributed by atoms with E-state index >= 15 is 0 Å². The van der Waals surface area contributed by atoms with Crippen LogP contribution in [0.4, 0.5) is 0 Å². The van der Waals surface area contributed by atoms with Crippen molar-refractivity contribution >= 4 is 39.2 Å². The molecular weight excluding hydrogens is 344 g/mol. The van der Waals surface area contributed by atoms with E-state index in [1.54, 1.807) is 27.7 Å². The van der Waals surface area contributed by atoms with E-state index in [1.807, 2.05) is 0 Å². The Morgan fingerprint density at radius 2 is 1.47 bits per heavy atom. The van der Waals surface area contributed by atoms with Crippen molar-refractivity contribution in [2.75, 3.05) is 0 Å². The summed E-state index contributed by atoms with van der Waals surface area (Å²) < 4.78 is 33.5. The van der Waals surface area contributed by atoms with Crippen LogP contribution in [0, 0.1) is 0 Å². The maximum Gasteiger partial charge on any atom is 0.338 e. The highest BCUT2D eigenvalue weighted by Gasteiger charge is 2.37. The molecule has 0 saturated heterocycles. The van der Waals surface area contributed by atoms with Crippen molar-refractivity contribution in [3.63, 3.8) is 0 Å². The summed E-state index contributed by atoms with van der Waals surface area (Å²) in [5.41, 5.74) is 0. The molecule has 9 heteroatoms. The van der Waals surface area contributed by atoms with E-state index in [1.165, 1.54) is 0 Å². The largest absolute Gasteiger partial charge is 0.462 e. The third-order valence-electron chi connectivity index (χ3n) is 1.61. The van der Waals surface area contributed by atoms with Crippen molar-refractivity contribution in [1.29, 1.82) is 0 Å². The Hall–Kier alpha value is -0.510. The van der Waals surface area contributed by atoms with Gasteiger partial charge in [-0.05, 0) is 27.7 Å². The van der Waals surface area contributed by atoms with Crippen LogP contribution in [0.1, 0.15) is 27.7 Å². The van der Waals surface area contributed by atoms with Crippen LogP contribution < -0.4 is 0 Å². The number of hydrogen-bond acceptors (Lipinski definition) is 6. The molecule has 0 aliphatic heterocycles. The van der Waals surface area contributed by atoms with Crippen molar-refractivity contribution in [3.05, 3.63) is 0 Å². The third kappa shape index (κ3) is 7.61. The Morgan fingerprint density at radius 1 is 1.05 bits per heavy atom. The minimum absolute atomic E-state index is 0.394. The maximum atomic E-state index is 11.7. The predicted molar refractivity (Wildman–Crippen MR) is 70.8 cm³/mol. The molecule has 0 radical (unpaired) electrons. The zero-order valence-corrected chi connectivity index (χ0v) is 13.4. The molecule has 1 unspecified atom stereocenters. The van der Waals surface area contributed by atoms with Crippen LogP contribution in [-0.2, 0) is 34.6 Å². The molecule has 0 aromatic rings. The summed E-state index contributed by atoms with van der Waals surface area (Å²) in [5.74, 6) is -1.72. The molecule has 0 aromatic heterocycles. The second-order valence-corrected chi connectivity index (χ2v) is 5.72. The average Bonchev–Trinajstić information content (AvgIpc) is 2.22. The number of esters is 2. The van der Waals surface area contributed by atoms with Gasteiger partial charge in [0, 0.05) is 0 Å². The molecule has 0 heterocycles. The second kappa shape index (κ2) is 8.62. The Kier molecular flexibility index (Phi) is 8.39. The predicted octanol–water partition coefficient (Wildman–Crippen LogP) is 1.17. The second-order valence-electron chi connectivity index (χ2n) is 4.11. The molecule has 0 fully saturated rings. The molecule has 0 saturated carbocycles. The number of carbonyl (C=O) groups excluding carboxylic acids is 2. The molecule has 0 spiro atoms. The summed E-state index contributed by atoms with van der Waals surface area (Å²) in [5, 5.41) is 0. The minimum atomic E-state index is -2.72. The lowest BCUT2D eigenvalue weighted by molar-refractivity contribution is -0.161. The van der Waals surface area contributed by atoms with Gasteiger partial charge < -0.3 is 9.47 Å². The zero-order chi connectivity index (χ0) is 15.2. The van der Waals surface area contributed by atoms with Gasteiger partial charge in [-0.2, -0.15) is 4.21 Å². The van der Waals surface area contributed by atoms with Gasteiger partial charge in [0.05, 0.1) is 12.2 Å². The molecule has 0 aromatic carbocycles. The van der Waals surface area contributed by atoms with Gasteiger partial charge in [0.1, 0.15) is 0 Å². The van der Waals surface area contributed by atoms with Crippen LogP contribution in [0.15, 0.2) is 0 Å². The number of halogens is 1. The monoisotopic (exact) mass is 360 g/mol. The molecule has 112 valence electrons. The first kappa shape index (κ1) is 18.5. The Labute approximate surface area is 122 Å². The van der Waals surface area contributed by atoms with Crippen LogP contribution in [0.5, 0.6) is 0 Å². The standard InChI is InChI=1S/C10H17BrO7S/c1-5(2)16-9(12)7(11)8(18-19(14)15)10(13)17-6(3)4/h5-8H,1-4H3,(H,14,15)/t7-,8+/m0/s1. The summed E-state index contributed by atoms with van der Waals surface area (Å²) in [6.07, 6.45) is -2.42. The summed E-state index contributed by atoms with van der Waals surface area (Å²) >= 11 is 0.192. The van der Waals surface area contributed by atoms with E-state index in [2.05, 4.69) is 20.1 Å². The van der Waals surface area contributed by atoms with Crippen LogP contribution in [-0.4, -0.2) is 43.8 Å². The Bertz CT molecular complexity index is 345. The van der Waals surface area contributed by atoms with Crippen LogP contribution in [0.2, 0.25) is 0 Å². The molecule has 0 rings (SSSR count). The normalized spacial score (nSPS) is 16.0. The van der Waals surface area contributed by atoms with Gasteiger partial charge in [0.15, 0.2) is 10.9 Å². The van der Waals surface area contributed by atoms with E-state index in [0.29, 0.717) is 0 Å². The molecule has 3 atom stereocenters. The van der Waals surface area contributed by atoms with Crippen molar-refractivity contribution in [2.45, 2.75) is 50.8 Å². The molecule has 0 aliphatic rings. The van der Waals surface area contributed by atoms with Crippen molar-refractivity contribution in [2.24, 2.45) is 0 Å². The van der Waals surface area contributed by atoms with Crippen molar-refractivity contribution < 1.29 is 32.0 Å². The van der Waals surface area contributed by atoms with Gasteiger partial charge >= 0.3 is 23.3 Å². The van der Waals surface area contributed by atoms with E-state index < -0.39 is 46.4 Å². The first-order valence-corrected chi connectivity index (χ1v) is 7.43. The maximum absolute atomic E-state index is 11.7. The fourth-order valence-corrected chi connectivity index (χ4v) is 1.96. The molecular formula is C10H17BrO7S. The van der Waals surface area contributed by atoms with E-state index in [9.17, 15) is 13.8 Å². The number of carbonyl (C=O) groups is 2.